The van der Waals surface area contributed by atoms with Gasteiger partial charge in [0.05, 0.1) is 23.5 Å². The molecular formula is C17H17FN2O3S. The van der Waals surface area contributed by atoms with Crippen LogP contribution < -0.4 is 10.0 Å². The van der Waals surface area contributed by atoms with Crippen LogP contribution in [0.15, 0.2) is 42.5 Å². The molecule has 0 unspecified atom stereocenters. The number of halogens is 1. The van der Waals surface area contributed by atoms with Gasteiger partial charge in [-0.2, -0.15) is 0 Å². The van der Waals surface area contributed by atoms with Gasteiger partial charge in [-0.05, 0) is 42.2 Å². The van der Waals surface area contributed by atoms with Crippen molar-refractivity contribution in [2.24, 2.45) is 0 Å². The highest BCUT2D eigenvalue weighted by atomic mass is 32.2. The third kappa shape index (κ3) is 3.56. The number of sulfonamides is 1. The van der Waals surface area contributed by atoms with E-state index in [0.717, 1.165) is 36.8 Å². The minimum absolute atomic E-state index is 0.0372. The van der Waals surface area contributed by atoms with Gasteiger partial charge >= 0.3 is 0 Å². The van der Waals surface area contributed by atoms with Crippen molar-refractivity contribution in [1.82, 2.24) is 5.32 Å². The van der Waals surface area contributed by atoms with E-state index in [1.54, 1.807) is 0 Å². The molecule has 0 saturated carbocycles. The summed E-state index contributed by atoms with van der Waals surface area (Å²) in [7, 11) is -3.57. The second-order valence-corrected chi connectivity index (χ2v) is 7.58. The average molecular weight is 348 g/mol. The first-order chi connectivity index (χ1) is 11.3. The van der Waals surface area contributed by atoms with Crippen LogP contribution in [0.1, 0.15) is 33.9 Å². The summed E-state index contributed by atoms with van der Waals surface area (Å²) in [4.78, 5) is 12.6. The van der Waals surface area contributed by atoms with E-state index in [2.05, 4.69) is 10.0 Å². The summed E-state index contributed by atoms with van der Waals surface area (Å²) < 4.78 is 38.6. The molecule has 7 heteroatoms. The Hall–Kier alpha value is -2.41. The van der Waals surface area contributed by atoms with Crippen LogP contribution in [0.5, 0.6) is 0 Å². The Labute approximate surface area is 139 Å². The Kier molecular flexibility index (Phi) is 4.28. The Morgan fingerprint density at radius 3 is 2.71 bits per heavy atom. The van der Waals surface area contributed by atoms with Gasteiger partial charge in [-0.15, -0.1) is 0 Å². The summed E-state index contributed by atoms with van der Waals surface area (Å²) in [6, 6.07) is 11.0. The molecule has 3 rings (SSSR count). The van der Waals surface area contributed by atoms with Gasteiger partial charge in [0.2, 0.25) is 10.0 Å². The van der Waals surface area contributed by atoms with Gasteiger partial charge in [-0.1, -0.05) is 24.3 Å². The monoisotopic (exact) mass is 348 g/mol. The maximum Gasteiger partial charge on any atom is 0.254 e. The van der Waals surface area contributed by atoms with Gasteiger partial charge < -0.3 is 5.32 Å². The number of amides is 1. The molecule has 2 aromatic rings. The van der Waals surface area contributed by atoms with E-state index in [9.17, 15) is 17.6 Å². The Morgan fingerprint density at radius 1 is 1.21 bits per heavy atom. The zero-order chi connectivity index (χ0) is 17.3. The van der Waals surface area contributed by atoms with E-state index in [1.807, 2.05) is 24.3 Å². The normalized spacial score (nSPS) is 16.5. The first-order valence-electron chi connectivity index (χ1n) is 7.49. The zero-order valence-electron chi connectivity index (χ0n) is 13.0. The largest absolute Gasteiger partial charge is 0.345 e. The highest BCUT2D eigenvalue weighted by Gasteiger charge is 2.25. The molecule has 0 heterocycles. The summed E-state index contributed by atoms with van der Waals surface area (Å²) in [5, 5.41) is 2.86. The predicted molar refractivity (Wildman–Crippen MR) is 89.8 cm³/mol. The van der Waals surface area contributed by atoms with Crippen molar-refractivity contribution < 1.29 is 17.6 Å². The number of hydrogen-bond donors (Lipinski definition) is 2. The second-order valence-electron chi connectivity index (χ2n) is 5.83. The van der Waals surface area contributed by atoms with E-state index in [4.69, 9.17) is 0 Å². The van der Waals surface area contributed by atoms with Crippen LogP contribution in [-0.2, 0) is 16.4 Å². The van der Waals surface area contributed by atoms with Gasteiger partial charge in [0, 0.05) is 0 Å². The standard InChI is InChI=1S/C17H17FN2O3S/c1-24(22,23)20-16-9-7-12(18)10-14(16)17(21)19-15-8-6-11-4-2-3-5-13(11)15/h2-5,7,9-10,15,20H,6,8H2,1H3,(H,19,21)/t15-/m1/s1. The molecule has 1 amide bonds. The molecule has 126 valence electrons. The highest BCUT2D eigenvalue weighted by molar-refractivity contribution is 7.92. The fraction of sp³-hybridized carbons (Fsp3) is 0.235. The second kappa shape index (κ2) is 6.24. The van der Waals surface area contributed by atoms with Gasteiger partial charge in [0.1, 0.15) is 5.82 Å². The average Bonchev–Trinajstić information content (AvgIpc) is 2.91. The number of carbonyl (C=O) groups is 1. The topological polar surface area (TPSA) is 75.3 Å². The van der Waals surface area contributed by atoms with Crippen molar-refractivity contribution in [2.45, 2.75) is 18.9 Å². The van der Waals surface area contributed by atoms with Gasteiger partial charge in [-0.25, -0.2) is 12.8 Å². The highest BCUT2D eigenvalue weighted by Crippen LogP contribution is 2.31. The number of aryl methyl sites for hydroxylation is 1. The lowest BCUT2D eigenvalue weighted by Crippen LogP contribution is -2.28. The van der Waals surface area contributed by atoms with Crippen LogP contribution >= 0.6 is 0 Å². The molecule has 1 aliphatic rings. The number of rotatable bonds is 4. The number of nitrogens with one attached hydrogen (secondary N) is 2. The van der Waals surface area contributed by atoms with Crippen LogP contribution in [0, 0.1) is 5.82 Å². The molecule has 0 aliphatic heterocycles. The number of benzene rings is 2. The number of fused-ring (bicyclic) bond motifs is 1. The first kappa shape index (κ1) is 16.4. The fourth-order valence-corrected chi connectivity index (χ4v) is 3.51. The van der Waals surface area contributed by atoms with Crippen LogP contribution in [0.25, 0.3) is 0 Å². The lowest BCUT2D eigenvalue weighted by molar-refractivity contribution is 0.0937. The number of carbonyl (C=O) groups excluding carboxylic acids is 1. The third-order valence-corrected chi connectivity index (χ3v) is 4.55. The number of anilines is 1. The summed E-state index contributed by atoms with van der Waals surface area (Å²) >= 11 is 0. The summed E-state index contributed by atoms with van der Waals surface area (Å²) in [5.41, 5.74) is 2.24. The molecule has 5 nitrogen and oxygen atoms in total. The van der Waals surface area contributed by atoms with Gasteiger partial charge in [0.15, 0.2) is 0 Å². The molecule has 2 aromatic carbocycles. The molecular weight excluding hydrogens is 331 g/mol. The lowest BCUT2D eigenvalue weighted by atomic mass is 10.1. The van der Waals surface area contributed by atoms with E-state index >= 15 is 0 Å². The molecule has 0 saturated heterocycles. The Bertz CT molecular complexity index is 896. The first-order valence-corrected chi connectivity index (χ1v) is 9.38. The minimum atomic E-state index is -3.57. The van der Waals surface area contributed by atoms with E-state index in [-0.39, 0.29) is 17.3 Å². The predicted octanol–water partition coefficient (Wildman–Crippen LogP) is 2.61. The summed E-state index contributed by atoms with van der Waals surface area (Å²) in [6.07, 6.45) is 2.60. The Morgan fingerprint density at radius 2 is 1.96 bits per heavy atom. The van der Waals surface area contributed by atoms with Crippen molar-refractivity contribution in [2.75, 3.05) is 11.0 Å². The molecule has 0 aromatic heterocycles. The van der Waals surface area contributed by atoms with Crippen LogP contribution in [0.2, 0.25) is 0 Å². The van der Waals surface area contributed by atoms with Crippen molar-refractivity contribution >= 4 is 21.6 Å². The molecule has 0 fully saturated rings. The zero-order valence-corrected chi connectivity index (χ0v) is 13.9. The van der Waals surface area contributed by atoms with E-state index < -0.39 is 21.7 Å². The molecule has 24 heavy (non-hydrogen) atoms. The van der Waals surface area contributed by atoms with Crippen molar-refractivity contribution in [3.05, 3.63) is 65.0 Å². The van der Waals surface area contributed by atoms with Crippen molar-refractivity contribution in [1.29, 1.82) is 0 Å². The molecule has 1 aliphatic carbocycles. The van der Waals surface area contributed by atoms with Crippen LogP contribution in [0.3, 0.4) is 0 Å². The van der Waals surface area contributed by atoms with E-state index in [1.165, 1.54) is 11.6 Å². The van der Waals surface area contributed by atoms with Crippen molar-refractivity contribution in [3.63, 3.8) is 0 Å². The maximum absolute atomic E-state index is 13.5. The fourth-order valence-electron chi connectivity index (χ4n) is 2.94. The quantitative estimate of drug-likeness (QED) is 0.892. The Balaban J connectivity index is 1.87. The summed E-state index contributed by atoms with van der Waals surface area (Å²) in [6.45, 7) is 0. The lowest BCUT2D eigenvalue weighted by Gasteiger charge is -2.16. The number of hydrogen-bond acceptors (Lipinski definition) is 3. The minimum Gasteiger partial charge on any atom is -0.345 e. The summed E-state index contributed by atoms with van der Waals surface area (Å²) in [5.74, 6) is -1.12. The maximum atomic E-state index is 13.5. The molecule has 0 radical (unpaired) electrons. The van der Waals surface area contributed by atoms with Crippen LogP contribution in [-0.4, -0.2) is 20.6 Å². The van der Waals surface area contributed by atoms with Crippen molar-refractivity contribution in [3.8, 4) is 0 Å². The van der Waals surface area contributed by atoms with E-state index in [0.29, 0.717) is 0 Å². The molecule has 2 N–H and O–H groups in total. The SMILES string of the molecule is CS(=O)(=O)Nc1ccc(F)cc1C(=O)N[C@@H]1CCc2ccccc21. The van der Waals surface area contributed by atoms with Crippen LogP contribution in [0.4, 0.5) is 10.1 Å². The third-order valence-electron chi connectivity index (χ3n) is 3.96. The molecule has 0 spiro atoms. The molecule has 0 bridgehead atoms. The van der Waals surface area contributed by atoms with Gasteiger partial charge in [0.25, 0.3) is 5.91 Å². The molecule has 1 atom stereocenters. The van der Waals surface area contributed by atoms with Gasteiger partial charge in [-0.3, -0.25) is 9.52 Å². The smallest absolute Gasteiger partial charge is 0.254 e.